The molecule has 28 heavy (non-hydrogen) atoms. The zero-order chi connectivity index (χ0) is 20.3. The number of benzene rings is 2. The lowest BCUT2D eigenvalue weighted by Crippen LogP contribution is -2.40. The summed E-state index contributed by atoms with van der Waals surface area (Å²) in [7, 11) is 0. The fourth-order valence-electron chi connectivity index (χ4n) is 3.35. The number of carbonyl (C=O) groups excluding carboxylic acids is 2. The quantitative estimate of drug-likeness (QED) is 0.355. The van der Waals surface area contributed by atoms with E-state index in [0.717, 1.165) is 0 Å². The Morgan fingerprint density at radius 2 is 1.71 bits per heavy atom. The monoisotopic (exact) mass is 400 g/mol. The van der Waals surface area contributed by atoms with Crippen LogP contribution >= 0.6 is 11.8 Å². The Morgan fingerprint density at radius 3 is 2.29 bits per heavy atom. The summed E-state index contributed by atoms with van der Waals surface area (Å²) in [6.07, 6.45) is 2.83. The Balaban J connectivity index is 1.67. The molecule has 1 N–H and O–H groups in total. The van der Waals surface area contributed by atoms with Crippen LogP contribution in [0.3, 0.4) is 0 Å². The minimum absolute atomic E-state index is 0.00654. The van der Waals surface area contributed by atoms with Crippen molar-refractivity contribution in [2.75, 3.05) is 19.3 Å². The Morgan fingerprint density at radius 1 is 1.11 bits per heavy atom. The number of rotatable bonds is 5. The van der Waals surface area contributed by atoms with Crippen LogP contribution in [0.2, 0.25) is 0 Å². The third kappa shape index (κ3) is 4.17. The lowest BCUT2D eigenvalue weighted by Gasteiger charge is -2.31. The molecule has 0 atom stereocenters. The van der Waals surface area contributed by atoms with E-state index in [1.807, 2.05) is 0 Å². The van der Waals surface area contributed by atoms with E-state index >= 15 is 0 Å². The SMILES string of the molecule is CSc1ccc(C(=O)N2CCC(C(=O)c3ccc(O)cc3)CC2)cc1[N+](=O)[O-]. The van der Waals surface area contributed by atoms with Gasteiger partial charge in [-0.3, -0.25) is 19.7 Å². The fraction of sp³-hybridized carbons (Fsp3) is 0.300. The number of piperidine rings is 1. The number of amides is 1. The average Bonchev–Trinajstić information content (AvgIpc) is 2.73. The molecule has 7 nitrogen and oxygen atoms in total. The van der Waals surface area contributed by atoms with Gasteiger partial charge in [0.15, 0.2) is 5.78 Å². The van der Waals surface area contributed by atoms with Gasteiger partial charge in [-0.05, 0) is 55.5 Å². The van der Waals surface area contributed by atoms with E-state index in [0.29, 0.717) is 36.4 Å². The number of hydrogen-bond donors (Lipinski definition) is 1. The normalized spacial score (nSPS) is 14.7. The molecule has 1 amide bonds. The summed E-state index contributed by atoms with van der Waals surface area (Å²) in [6, 6.07) is 10.7. The molecule has 2 aromatic carbocycles. The van der Waals surface area contributed by atoms with Gasteiger partial charge in [0, 0.05) is 36.2 Å². The van der Waals surface area contributed by atoms with Crippen molar-refractivity contribution in [2.45, 2.75) is 17.7 Å². The molecular weight excluding hydrogens is 380 g/mol. The first-order valence-electron chi connectivity index (χ1n) is 8.85. The summed E-state index contributed by atoms with van der Waals surface area (Å²) in [4.78, 5) is 38.2. The number of carbonyl (C=O) groups is 2. The third-order valence-corrected chi connectivity index (χ3v) is 5.71. The summed E-state index contributed by atoms with van der Waals surface area (Å²) < 4.78 is 0. The van der Waals surface area contributed by atoms with Gasteiger partial charge in [-0.1, -0.05) is 0 Å². The van der Waals surface area contributed by atoms with Crippen molar-refractivity contribution in [3.63, 3.8) is 0 Å². The summed E-state index contributed by atoms with van der Waals surface area (Å²) in [6.45, 7) is 0.844. The van der Waals surface area contributed by atoms with Gasteiger partial charge >= 0.3 is 0 Å². The van der Waals surface area contributed by atoms with E-state index in [1.165, 1.54) is 30.0 Å². The van der Waals surface area contributed by atoms with E-state index < -0.39 is 4.92 Å². The number of ketones is 1. The summed E-state index contributed by atoms with van der Waals surface area (Å²) >= 11 is 1.26. The highest BCUT2D eigenvalue weighted by atomic mass is 32.2. The van der Waals surface area contributed by atoms with Crippen molar-refractivity contribution >= 4 is 29.1 Å². The van der Waals surface area contributed by atoms with Gasteiger partial charge in [0.1, 0.15) is 5.75 Å². The molecule has 0 bridgehead atoms. The first-order valence-corrected chi connectivity index (χ1v) is 10.1. The number of nitrogens with zero attached hydrogens (tertiary/aromatic N) is 2. The number of Topliss-reactive ketones (excluding diaryl/α,β-unsaturated/α-hetero) is 1. The molecule has 1 saturated heterocycles. The summed E-state index contributed by atoms with van der Waals surface area (Å²) in [5.74, 6) is -0.321. The standard InChI is InChI=1S/C20H20N2O5S/c1-28-18-7-4-15(12-17(18)22(26)27)20(25)21-10-8-14(9-11-21)19(24)13-2-5-16(23)6-3-13/h2-7,12,14,23H,8-11H2,1H3. The number of phenolic OH excluding ortho intramolecular Hbond substituents is 1. The molecule has 1 fully saturated rings. The smallest absolute Gasteiger partial charge is 0.283 e. The lowest BCUT2D eigenvalue weighted by atomic mass is 9.88. The van der Waals surface area contributed by atoms with Gasteiger partial charge in [-0.2, -0.15) is 0 Å². The van der Waals surface area contributed by atoms with E-state index in [1.54, 1.807) is 35.4 Å². The van der Waals surface area contributed by atoms with E-state index in [-0.39, 0.29) is 34.6 Å². The van der Waals surface area contributed by atoms with Crippen molar-refractivity contribution in [1.29, 1.82) is 0 Å². The Kier molecular flexibility index (Phi) is 5.99. The molecule has 1 heterocycles. The molecule has 1 aliphatic heterocycles. The van der Waals surface area contributed by atoms with Gasteiger partial charge in [0.05, 0.1) is 9.82 Å². The average molecular weight is 400 g/mol. The largest absolute Gasteiger partial charge is 0.508 e. The van der Waals surface area contributed by atoms with Crippen LogP contribution in [0.15, 0.2) is 47.4 Å². The second-order valence-corrected chi connectivity index (χ2v) is 7.47. The summed E-state index contributed by atoms with van der Waals surface area (Å²) in [5.41, 5.74) is 0.759. The Labute approximate surface area is 166 Å². The number of aromatic hydroxyl groups is 1. The number of hydrogen-bond acceptors (Lipinski definition) is 6. The zero-order valence-corrected chi connectivity index (χ0v) is 16.1. The third-order valence-electron chi connectivity index (χ3n) is 4.93. The number of phenols is 1. The molecule has 0 unspecified atom stereocenters. The van der Waals surface area contributed by atoms with Gasteiger partial charge in [-0.15, -0.1) is 11.8 Å². The highest BCUT2D eigenvalue weighted by Gasteiger charge is 2.29. The van der Waals surface area contributed by atoms with Crippen molar-refractivity contribution in [1.82, 2.24) is 4.90 Å². The minimum Gasteiger partial charge on any atom is -0.508 e. The van der Waals surface area contributed by atoms with Crippen LogP contribution in [0, 0.1) is 16.0 Å². The van der Waals surface area contributed by atoms with Crippen LogP contribution in [0.25, 0.3) is 0 Å². The van der Waals surface area contributed by atoms with Crippen LogP contribution in [0.5, 0.6) is 5.75 Å². The molecule has 146 valence electrons. The van der Waals surface area contributed by atoms with E-state index in [4.69, 9.17) is 0 Å². The first kappa shape index (κ1) is 19.9. The molecule has 0 spiro atoms. The second kappa shape index (κ2) is 8.43. The molecular formula is C20H20N2O5S. The minimum atomic E-state index is -0.481. The predicted molar refractivity (Wildman–Crippen MR) is 106 cm³/mol. The first-order chi connectivity index (χ1) is 13.4. The number of likely N-dealkylation sites (tertiary alicyclic amines) is 1. The van der Waals surface area contributed by atoms with Crippen molar-refractivity contribution in [3.8, 4) is 5.75 Å². The molecule has 0 radical (unpaired) electrons. The van der Waals surface area contributed by atoms with Crippen molar-refractivity contribution < 1.29 is 19.6 Å². The van der Waals surface area contributed by atoms with Gasteiger partial charge in [0.25, 0.3) is 11.6 Å². The number of thioether (sulfide) groups is 1. The number of nitro benzene ring substituents is 1. The van der Waals surface area contributed by atoms with Gasteiger partial charge in [0.2, 0.25) is 0 Å². The number of nitro groups is 1. The van der Waals surface area contributed by atoms with Crippen molar-refractivity contribution in [3.05, 3.63) is 63.7 Å². The Hall–Kier alpha value is -2.87. The summed E-state index contributed by atoms with van der Waals surface area (Å²) in [5, 5.41) is 20.6. The molecule has 0 saturated carbocycles. The maximum absolute atomic E-state index is 12.7. The van der Waals surface area contributed by atoms with Crippen LogP contribution in [-0.2, 0) is 0 Å². The zero-order valence-electron chi connectivity index (χ0n) is 15.3. The van der Waals surface area contributed by atoms with Crippen LogP contribution in [0.1, 0.15) is 33.6 Å². The molecule has 3 rings (SSSR count). The fourth-order valence-corrected chi connectivity index (χ4v) is 3.90. The van der Waals surface area contributed by atoms with Crippen molar-refractivity contribution in [2.24, 2.45) is 5.92 Å². The highest BCUT2D eigenvalue weighted by Crippen LogP contribution is 2.30. The van der Waals surface area contributed by atoms with Crippen LogP contribution in [-0.4, -0.2) is 46.0 Å². The van der Waals surface area contributed by atoms with E-state index in [2.05, 4.69) is 0 Å². The van der Waals surface area contributed by atoms with Crippen LogP contribution in [0.4, 0.5) is 5.69 Å². The molecule has 0 aromatic heterocycles. The maximum atomic E-state index is 12.7. The topological polar surface area (TPSA) is 101 Å². The van der Waals surface area contributed by atoms with Gasteiger partial charge < -0.3 is 10.0 Å². The molecule has 1 aliphatic rings. The lowest BCUT2D eigenvalue weighted by molar-refractivity contribution is -0.387. The molecule has 0 aliphatic carbocycles. The van der Waals surface area contributed by atoms with E-state index in [9.17, 15) is 24.8 Å². The van der Waals surface area contributed by atoms with Gasteiger partial charge in [-0.25, -0.2) is 0 Å². The Bertz CT molecular complexity index is 905. The second-order valence-electron chi connectivity index (χ2n) is 6.62. The van der Waals surface area contributed by atoms with Crippen LogP contribution < -0.4 is 0 Å². The predicted octanol–water partition coefficient (Wildman–Crippen LogP) is 3.76. The highest BCUT2D eigenvalue weighted by molar-refractivity contribution is 7.98. The maximum Gasteiger partial charge on any atom is 0.283 e. The molecule has 8 heteroatoms. The molecule has 2 aromatic rings.